The van der Waals surface area contributed by atoms with E-state index in [0.29, 0.717) is 0 Å². The smallest absolute Gasteiger partial charge is 0.166 e. The van der Waals surface area contributed by atoms with Crippen LogP contribution in [0.1, 0.15) is 19.4 Å². The van der Waals surface area contributed by atoms with Gasteiger partial charge in [0, 0.05) is 0 Å². The highest BCUT2D eigenvalue weighted by molar-refractivity contribution is 7.97. The van der Waals surface area contributed by atoms with Crippen LogP contribution in [-0.4, -0.2) is 14.2 Å². The predicted molar refractivity (Wildman–Crippen MR) is 137 cm³/mol. The number of hydrogen-bond donors (Lipinski definition) is 0. The van der Waals surface area contributed by atoms with Gasteiger partial charge in [-0.05, 0) is 91.9 Å². The summed E-state index contributed by atoms with van der Waals surface area (Å²) in [7, 11) is 3.11. The van der Waals surface area contributed by atoms with Crippen LogP contribution in [0.25, 0.3) is 0 Å². The van der Waals surface area contributed by atoms with Crippen molar-refractivity contribution in [3.8, 4) is 23.0 Å². The largest absolute Gasteiger partial charge is 0.497 e. The lowest BCUT2D eigenvalue weighted by Gasteiger charge is -2.11. The minimum Gasteiger partial charge on any atom is -0.497 e. The number of benzene rings is 4. The Morgan fingerprint density at radius 1 is 0.455 bits per heavy atom. The first-order valence-electron chi connectivity index (χ1n) is 11.0. The Bertz CT molecular complexity index is 1060. The van der Waals surface area contributed by atoms with Crippen LogP contribution in [0.4, 0.5) is 0 Å². The Morgan fingerprint density at radius 3 is 1.09 bits per heavy atom. The summed E-state index contributed by atoms with van der Waals surface area (Å²) in [6, 6.07) is 33.0. The third kappa shape index (κ3) is 6.33. The predicted octanol–water partition coefficient (Wildman–Crippen LogP) is 7.93. The molecule has 0 aliphatic heterocycles. The quantitative estimate of drug-likeness (QED) is 0.263. The number of methoxy groups -OCH3 is 2. The summed E-state index contributed by atoms with van der Waals surface area (Å²) in [5.74, 6) is 3.36. The topological polar surface area (TPSA) is 27.7 Å². The molecule has 4 rings (SSSR count). The molecule has 0 N–H and O–H groups in total. The van der Waals surface area contributed by atoms with Crippen LogP contribution in [0.3, 0.4) is 0 Å². The Hall–Kier alpha value is -3.37. The Labute approximate surface area is 200 Å². The maximum absolute atomic E-state index is 6.01. The fraction of sp³-hybridized carbons (Fsp3) is 0.172. The van der Waals surface area contributed by atoms with Crippen molar-refractivity contribution in [3.63, 3.8) is 0 Å². The van der Waals surface area contributed by atoms with Crippen LogP contribution in [0, 0.1) is 6.92 Å². The maximum Gasteiger partial charge on any atom is 0.166 e. The van der Waals surface area contributed by atoms with Gasteiger partial charge in [-0.1, -0.05) is 31.5 Å². The lowest BCUT2D eigenvalue weighted by molar-refractivity contribution is 0.414. The third-order valence-corrected chi connectivity index (χ3v) is 7.14. The van der Waals surface area contributed by atoms with E-state index in [9.17, 15) is 0 Å². The monoisotopic (exact) mass is 459 g/mol. The van der Waals surface area contributed by atoms with Gasteiger partial charge in [0.15, 0.2) is 14.7 Å². The van der Waals surface area contributed by atoms with Gasteiger partial charge in [0.05, 0.1) is 25.1 Å². The van der Waals surface area contributed by atoms with Crippen molar-refractivity contribution in [2.45, 2.75) is 35.5 Å². The molecule has 4 heteroatoms. The molecule has 3 nitrogen and oxygen atoms in total. The van der Waals surface area contributed by atoms with Gasteiger partial charge in [-0.25, -0.2) is 0 Å². The molecular weight excluding hydrogens is 428 g/mol. The summed E-state index contributed by atoms with van der Waals surface area (Å²) in [6.45, 7) is 6.07. The van der Waals surface area contributed by atoms with Crippen LogP contribution >= 0.6 is 0 Å². The van der Waals surface area contributed by atoms with Gasteiger partial charge in [-0.15, -0.1) is 0 Å². The molecule has 0 aliphatic carbocycles. The molecule has 0 bridgehead atoms. The van der Waals surface area contributed by atoms with E-state index in [1.807, 2.05) is 62.4 Å². The second-order valence-corrected chi connectivity index (χ2v) is 9.07. The Kier molecular flexibility index (Phi) is 8.85. The van der Waals surface area contributed by atoms with Crippen molar-refractivity contribution in [3.05, 3.63) is 103 Å². The van der Waals surface area contributed by atoms with Gasteiger partial charge < -0.3 is 14.2 Å². The molecule has 0 heterocycles. The average Bonchev–Trinajstić information content (AvgIpc) is 2.88. The fourth-order valence-corrected chi connectivity index (χ4v) is 5.26. The van der Waals surface area contributed by atoms with Crippen LogP contribution in [0.15, 0.2) is 112 Å². The van der Waals surface area contributed by atoms with E-state index in [-0.39, 0.29) is 10.9 Å². The SMILES string of the molecule is CC.COc1ccc([S+](c2ccc(OC)cc2)c2ccc(Oc3ccc(C)cc3)cc2)cc1. The van der Waals surface area contributed by atoms with Gasteiger partial charge >= 0.3 is 0 Å². The molecule has 0 unspecified atom stereocenters. The van der Waals surface area contributed by atoms with E-state index >= 15 is 0 Å². The van der Waals surface area contributed by atoms with Crippen molar-refractivity contribution < 1.29 is 14.2 Å². The first kappa shape index (κ1) is 24.3. The zero-order valence-electron chi connectivity index (χ0n) is 19.9. The second-order valence-electron chi connectivity index (χ2n) is 7.04. The highest BCUT2D eigenvalue weighted by Crippen LogP contribution is 2.34. The summed E-state index contributed by atoms with van der Waals surface area (Å²) in [5.41, 5.74) is 1.21. The van der Waals surface area contributed by atoms with Crippen LogP contribution in [0.5, 0.6) is 23.0 Å². The van der Waals surface area contributed by atoms with Crippen molar-refractivity contribution in [2.24, 2.45) is 0 Å². The molecule has 170 valence electrons. The van der Waals surface area contributed by atoms with E-state index in [1.165, 1.54) is 20.2 Å². The van der Waals surface area contributed by atoms with E-state index in [4.69, 9.17) is 14.2 Å². The molecule has 0 aromatic heterocycles. The summed E-state index contributed by atoms with van der Waals surface area (Å²) >= 11 is 0. The molecule has 0 saturated carbocycles. The number of ether oxygens (including phenoxy) is 3. The summed E-state index contributed by atoms with van der Waals surface area (Å²) in [6.07, 6.45) is 0. The van der Waals surface area contributed by atoms with Crippen molar-refractivity contribution in [1.82, 2.24) is 0 Å². The lowest BCUT2D eigenvalue weighted by Crippen LogP contribution is -2.05. The molecule has 0 spiro atoms. The lowest BCUT2D eigenvalue weighted by atomic mass is 10.2. The molecule has 0 radical (unpaired) electrons. The molecule has 0 fully saturated rings. The summed E-state index contributed by atoms with van der Waals surface area (Å²) < 4.78 is 16.7. The average molecular weight is 460 g/mol. The normalized spacial score (nSPS) is 10.2. The van der Waals surface area contributed by atoms with Gasteiger partial charge in [-0.3, -0.25) is 0 Å². The van der Waals surface area contributed by atoms with Gasteiger partial charge in [-0.2, -0.15) is 0 Å². The number of hydrogen-bond acceptors (Lipinski definition) is 3. The molecule has 4 aromatic rings. The Morgan fingerprint density at radius 2 is 0.758 bits per heavy atom. The van der Waals surface area contributed by atoms with E-state index < -0.39 is 0 Å². The van der Waals surface area contributed by atoms with E-state index in [2.05, 4.69) is 55.5 Å². The van der Waals surface area contributed by atoms with Gasteiger partial charge in [0.2, 0.25) is 0 Å². The van der Waals surface area contributed by atoms with E-state index in [1.54, 1.807) is 14.2 Å². The zero-order chi connectivity index (χ0) is 23.6. The van der Waals surface area contributed by atoms with Crippen molar-refractivity contribution >= 4 is 10.9 Å². The molecule has 0 saturated heterocycles. The standard InChI is InChI=1S/C27H25O3S.C2H6/c1-20-4-6-23(7-5-20)30-24-12-18-27(19-13-24)31(25-14-8-21(28-2)9-15-25)26-16-10-22(29-3)11-17-26;1-2/h4-19H,1-3H3;1-2H3/q+1;. The van der Waals surface area contributed by atoms with Crippen molar-refractivity contribution in [2.75, 3.05) is 14.2 Å². The minimum absolute atomic E-state index is 0.260. The highest BCUT2D eigenvalue weighted by Gasteiger charge is 2.29. The molecule has 0 aliphatic rings. The third-order valence-electron chi connectivity index (χ3n) is 4.91. The van der Waals surface area contributed by atoms with Crippen molar-refractivity contribution in [1.29, 1.82) is 0 Å². The van der Waals surface area contributed by atoms with Crippen LogP contribution in [0.2, 0.25) is 0 Å². The Balaban J connectivity index is 0.00000149. The number of aryl methyl sites for hydroxylation is 1. The second kappa shape index (κ2) is 12.0. The molecule has 33 heavy (non-hydrogen) atoms. The summed E-state index contributed by atoms with van der Waals surface area (Å²) in [4.78, 5) is 3.66. The van der Waals surface area contributed by atoms with Crippen LogP contribution in [-0.2, 0) is 10.9 Å². The number of rotatable bonds is 7. The first-order valence-corrected chi connectivity index (χ1v) is 12.3. The highest BCUT2D eigenvalue weighted by atomic mass is 32.2. The maximum atomic E-state index is 6.01. The van der Waals surface area contributed by atoms with Gasteiger partial charge in [0.1, 0.15) is 23.0 Å². The molecule has 4 aromatic carbocycles. The molecule has 0 amide bonds. The van der Waals surface area contributed by atoms with Gasteiger partial charge in [0.25, 0.3) is 0 Å². The zero-order valence-corrected chi connectivity index (χ0v) is 20.7. The fourth-order valence-electron chi connectivity index (χ4n) is 3.22. The van der Waals surface area contributed by atoms with Crippen LogP contribution < -0.4 is 14.2 Å². The summed E-state index contributed by atoms with van der Waals surface area (Å²) in [5, 5.41) is 0. The minimum atomic E-state index is -0.260. The van der Waals surface area contributed by atoms with E-state index in [0.717, 1.165) is 23.0 Å². The molecular formula is C29H31O3S+. The first-order chi connectivity index (χ1) is 16.2. The molecule has 0 atom stereocenters.